The molecule has 0 aromatic carbocycles. The molecule has 0 bridgehead atoms. The van der Waals surface area contributed by atoms with E-state index in [-0.39, 0.29) is 6.10 Å². The van der Waals surface area contributed by atoms with Gasteiger partial charge in [0.25, 0.3) is 0 Å². The summed E-state index contributed by atoms with van der Waals surface area (Å²) in [5.74, 6) is 1.29. The van der Waals surface area contributed by atoms with Crippen LogP contribution in [0.2, 0.25) is 0 Å². The van der Waals surface area contributed by atoms with E-state index >= 15 is 0 Å². The van der Waals surface area contributed by atoms with Crippen molar-refractivity contribution in [3.63, 3.8) is 0 Å². The maximum absolute atomic E-state index is 5.69. The molecule has 98 valence electrons. The molecule has 0 unspecified atom stereocenters. The third kappa shape index (κ3) is 2.98. The monoisotopic (exact) mass is 249 g/mol. The molecular weight excluding hydrogens is 230 g/mol. The van der Waals surface area contributed by atoms with Crippen molar-refractivity contribution in [1.29, 1.82) is 0 Å². The molecule has 0 radical (unpaired) electrons. The minimum atomic E-state index is 0.0798. The summed E-state index contributed by atoms with van der Waals surface area (Å²) in [4.78, 5) is 10.9. The zero-order valence-electron chi connectivity index (χ0n) is 10.9. The largest absolute Gasteiger partial charge is 0.474 e. The van der Waals surface area contributed by atoms with Crippen LogP contribution in [0.25, 0.3) is 6.08 Å². The van der Waals surface area contributed by atoms with Crippen molar-refractivity contribution in [2.24, 2.45) is 0 Å². The van der Waals surface area contributed by atoms with E-state index in [4.69, 9.17) is 9.47 Å². The highest BCUT2D eigenvalue weighted by Gasteiger charge is 2.16. The van der Waals surface area contributed by atoms with E-state index in [0.29, 0.717) is 25.0 Å². The van der Waals surface area contributed by atoms with Gasteiger partial charge in [0.1, 0.15) is 0 Å². The van der Waals surface area contributed by atoms with Crippen LogP contribution in [0.4, 0.5) is 5.95 Å². The van der Waals surface area contributed by atoms with Crippen molar-refractivity contribution in [3.8, 4) is 5.88 Å². The van der Waals surface area contributed by atoms with E-state index in [1.54, 1.807) is 12.3 Å². The Morgan fingerprint density at radius 3 is 2.78 bits per heavy atom. The molecule has 0 N–H and O–H groups in total. The lowest BCUT2D eigenvalue weighted by molar-refractivity contribution is 0.122. The summed E-state index contributed by atoms with van der Waals surface area (Å²) >= 11 is 0. The summed E-state index contributed by atoms with van der Waals surface area (Å²) < 4.78 is 11.0. The lowest BCUT2D eigenvalue weighted by Crippen LogP contribution is -2.37. The van der Waals surface area contributed by atoms with Gasteiger partial charge in [-0.1, -0.05) is 12.7 Å². The smallest absolute Gasteiger partial charge is 0.228 e. The number of ether oxygens (including phenoxy) is 2. The van der Waals surface area contributed by atoms with Crippen molar-refractivity contribution in [2.75, 3.05) is 31.2 Å². The van der Waals surface area contributed by atoms with Crippen LogP contribution in [0.1, 0.15) is 19.4 Å². The van der Waals surface area contributed by atoms with E-state index in [2.05, 4.69) is 21.4 Å². The van der Waals surface area contributed by atoms with Gasteiger partial charge in [0, 0.05) is 19.3 Å². The topological polar surface area (TPSA) is 47.5 Å². The fourth-order valence-corrected chi connectivity index (χ4v) is 1.74. The second-order valence-corrected chi connectivity index (χ2v) is 4.40. The van der Waals surface area contributed by atoms with Crippen molar-refractivity contribution in [1.82, 2.24) is 9.97 Å². The average molecular weight is 249 g/mol. The summed E-state index contributed by atoms with van der Waals surface area (Å²) in [5.41, 5.74) is 0.820. The summed E-state index contributed by atoms with van der Waals surface area (Å²) in [6.45, 7) is 10.8. The SMILES string of the molecule is C=Cc1cnc(N2CCOCC2)nc1OC(C)C. The maximum Gasteiger partial charge on any atom is 0.228 e. The van der Waals surface area contributed by atoms with Crippen molar-refractivity contribution < 1.29 is 9.47 Å². The molecule has 1 fully saturated rings. The molecule has 1 saturated heterocycles. The molecule has 0 atom stereocenters. The van der Waals surface area contributed by atoms with Crippen LogP contribution in [0.5, 0.6) is 5.88 Å². The molecule has 5 heteroatoms. The first-order valence-corrected chi connectivity index (χ1v) is 6.19. The van der Waals surface area contributed by atoms with Gasteiger partial charge in [-0.15, -0.1) is 0 Å². The highest BCUT2D eigenvalue weighted by atomic mass is 16.5. The summed E-state index contributed by atoms with van der Waals surface area (Å²) in [5, 5.41) is 0. The Hall–Kier alpha value is -1.62. The van der Waals surface area contributed by atoms with E-state index in [1.807, 2.05) is 13.8 Å². The first kappa shape index (κ1) is 12.8. The Morgan fingerprint density at radius 2 is 2.17 bits per heavy atom. The molecule has 1 aliphatic heterocycles. The third-order valence-electron chi connectivity index (χ3n) is 2.63. The second-order valence-electron chi connectivity index (χ2n) is 4.40. The molecule has 0 spiro atoms. The van der Waals surface area contributed by atoms with Crippen LogP contribution in [-0.4, -0.2) is 42.4 Å². The standard InChI is InChI=1S/C13H19N3O2/c1-4-11-9-14-13(15-12(11)18-10(2)3)16-5-7-17-8-6-16/h4,9-10H,1,5-8H2,2-3H3. The molecular formula is C13H19N3O2. The van der Waals surface area contributed by atoms with Crippen LogP contribution in [0.15, 0.2) is 12.8 Å². The van der Waals surface area contributed by atoms with Gasteiger partial charge in [0.2, 0.25) is 11.8 Å². The van der Waals surface area contributed by atoms with Crippen LogP contribution >= 0.6 is 0 Å². The molecule has 1 aromatic heterocycles. The Morgan fingerprint density at radius 1 is 1.44 bits per heavy atom. The average Bonchev–Trinajstić information content (AvgIpc) is 2.39. The lowest BCUT2D eigenvalue weighted by Gasteiger charge is -2.27. The Kier molecular flexibility index (Phi) is 4.15. The predicted octanol–water partition coefficient (Wildman–Crippen LogP) is 1.74. The molecule has 2 heterocycles. The fraction of sp³-hybridized carbons (Fsp3) is 0.538. The zero-order valence-corrected chi connectivity index (χ0v) is 10.9. The number of hydrogen-bond acceptors (Lipinski definition) is 5. The van der Waals surface area contributed by atoms with E-state index in [0.717, 1.165) is 18.7 Å². The zero-order chi connectivity index (χ0) is 13.0. The highest BCUT2D eigenvalue weighted by Crippen LogP contribution is 2.21. The number of rotatable bonds is 4. The maximum atomic E-state index is 5.69. The van der Waals surface area contributed by atoms with Crippen molar-refractivity contribution in [3.05, 3.63) is 18.3 Å². The minimum absolute atomic E-state index is 0.0798. The fourth-order valence-electron chi connectivity index (χ4n) is 1.74. The number of hydrogen-bond donors (Lipinski definition) is 0. The van der Waals surface area contributed by atoms with Crippen LogP contribution < -0.4 is 9.64 Å². The summed E-state index contributed by atoms with van der Waals surface area (Å²) in [7, 11) is 0. The van der Waals surface area contributed by atoms with E-state index in [9.17, 15) is 0 Å². The first-order valence-electron chi connectivity index (χ1n) is 6.19. The van der Waals surface area contributed by atoms with Gasteiger partial charge < -0.3 is 14.4 Å². The molecule has 1 aromatic rings. The number of aromatic nitrogens is 2. The molecule has 0 saturated carbocycles. The van der Waals surface area contributed by atoms with Gasteiger partial charge in [-0.2, -0.15) is 4.98 Å². The Bertz CT molecular complexity index is 415. The van der Waals surface area contributed by atoms with Gasteiger partial charge in [-0.3, -0.25) is 0 Å². The third-order valence-corrected chi connectivity index (χ3v) is 2.63. The quantitative estimate of drug-likeness (QED) is 0.813. The van der Waals surface area contributed by atoms with E-state index in [1.165, 1.54) is 0 Å². The normalized spacial score (nSPS) is 15.8. The van der Waals surface area contributed by atoms with E-state index < -0.39 is 0 Å². The molecule has 2 rings (SSSR count). The molecule has 0 aliphatic carbocycles. The molecule has 5 nitrogen and oxygen atoms in total. The Labute approximate surface area is 107 Å². The van der Waals surface area contributed by atoms with Crippen LogP contribution in [0.3, 0.4) is 0 Å². The van der Waals surface area contributed by atoms with Crippen LogP contribution in [-0.2, 0) is 4.74 Å². The second kappa shape index (κ2) is 5.82. The highest BCUT2D eigenvalue weighted by molar-refractivity contribution is 5.53. The van der Waals surface area contributed by atoms with Gasteiger partial charge in [0.15, 0.2) is 0 Å². The number of morpholine rings is 1. The summed E-state index contributed by atoms with van der Waals surface area (Å²) in [6.07, 6.45) is 3.54. The molecule has 1 aliphatic rings. The van der Waals surface area contributed by atoms with Gasteiger partial charge in [-0.25, -0.2) is 4.98 Å². The minimum Gasteiger partial charge on any atom is -0.474 e. The molecule has 18 heavy (non-hydrogen) atoms. The number of anilines is 1. The van der Waals surface area contributed by atoms with Crippen LogP contribution in [0, 0.1) is 0 Å². The Balaban J connectivity index is 2.23. The first-order chi connectivity index (χ1) is 8.70. The van der Waals surface area contributed by atoms with Crippen molar-refractivity contribution >= 4 is 12.0 Å². The lowest BCUT2D eigenvalue weighted by atomic mass is 10.3. The number of nitrogens with zero attached hydrogens (tertiary/aromatic N) is 3. The van der Waals surface area contributed by atoms with Gasteiger partial charge >= 0.3 is 0 Å². The van der Waals surface area contributed by atoms with Gasteiger partial charge in [0.05, 0.1) is 24.9 Å². The van der Waals surface area contributed by atoms with Crippen molar-refractivity contribution in [2.45, 2.75) is 20.0 Å². The van der Waals surface area contributed by atoms with Gasteiger partial charge in [-0.05, 0) is 13.8 Å². The predicted molar refractivity (Wildman–Crippen MR) is 70.9 cm³/mol. The molecule has 0 amide bonds. The summed E-state index contributed by atoms with van der Waals surface area (Å²) in [6, 6.07) is 0.